The molecule has 0 saturated carbocycles. The third-order valence-corrected chi connectivity index (χ3v) is 2.85. The van der Waals surface area contributed by atoms with Crippen LogP contribution in [0.5, 0.6) is 0 Å². The highest BCUT2D eigenvalue weighted by atomic mass is 16.5. The molecule has 0 aliphatic rings. The van der Waals surface area contributed by atoms with E-state index >= 15 is 0 Å². The van der Waals surface area contributed by atoms with Gasteiger partial charge >= 0.3 is 0 Å². The fourth-order valence-corrected chi connectivity index (χ4v) is 1.83. The fourth-order valence-electron chi connectivity index (χ4n) is 1.83. The molecule has 0 bridgehead atoms. The van der Waals surface area contributed by atoms with Crippen molar-refractivity contribution < 1.29 is 18.6 Å². The molecule has 2 aromatic heterocycles. The van der Waals surface area contributed by atoms with Crippen LogP contribution in [0.2, 0.25) is 0 Å². The lowest BCUT2D eigenvalue weighted by Gasteiger charge is -2.02. The van der Waals surface area contributed by atoms with E-state index in [1.807, 2.05) is 0 Å². The van der Waals surface area contributed by atoms with Gasteiger partial charge in [0, 0.05) is 25.0 Å². The Bertz CT molecular complexity index is 591. The maximum atomic E-state index is 11.6. The second kappa shape index (κ2) is 7.39. The van der Waals surface area contributed by atoms with Crippen molar-refractivity contribution in [2.24, 2.45) is 0 Å². The van der Waals surface area contributed by atoms with E-state index in [-0.39, 0.29) is 11.8 Å². The number of carbonyl (C=O) groups is 2. The minimum absolute atomic E-state index is 0.152. The van der Waals surface area contributed by atoms with Crippen LogP contribution in [0.15, 0.2) is 21.2 Å². The zero-order chi connectivity index (χ0) is 15.9. The van der Waals surface area contributed by atoms with Gasteiger partial charge < -0.3 is 19.7 Å². The lowest BCUT2D eigenvalue weighted by Crippen LogP contribution is -2.13. The molecule has 0 aliphatic carbocycles. The van der Waals surface area contributed by atoms with Crippen LogP contribution in [0.25, 0.3) is 0 Å². The first kappa shape index (κ1) is 15.7. The monoisotopic (exact) mass is 306 g/mol. The third-order valence-electron chi connectivity index (χ3n) is 2.85. The normalized spacial score (nSPS) is 10.5. The largest absolute Gasteiger partial charge is 0.360 e. The summed E-state index contributed by atoms with van der Waals surface area (Å²) in [5, 5.41) is 12.6. The number of aryl methyl sites for hydroxylation is 2. The zero-order valence-corrected chi connectivity index (χ0v) is 12.5. The van der Waals surface area contributed by atoms with Gasteiger partial charge in [-0.05, 0) is 26.7 Å². The molecule has 2 rings (SSSR count). The molecule has 2 amide bonds. The molecule has 0 fully saturated rings. The second-order valence-corrected chi connectivity index (χ2v) is 4.95. The van der Waals surface area contributed by atoms with Gasteiger partial charge in [0.05, 0.1) is 0 Å². The number of nitrogens with one attached hydrogen (secondary N) is 2. The number of hydrogen-bond acceptors (Lipinski definition) is 6. The van der Waals surface area contributed by atoms with E-state index in [0.717, 1.165) is 0 Å². The highest BCUT2D eigenvalue weighted by Crippen LogP contribution is 2.10. The SMILES string of the molecule is Cc1cc(NC(=O)CCCCC(=O)Nc2cc(C)on2)no1. The average Bonchev–Trinajstić information content (AvgIpc) is 3.04. The van der Waals surface area contributed by atoms with Gasteiger partial charge in [-0.15, -0.1) is 0 Å². The van der Waals surface area contributed by atoms with Crippen molar-refractivity contribution in [3.8, 4) is 0 Å². The molecule has 2 heterocycles. The molecule has 2 aromatic rings. The standard InChI is InChI=1S/C14H18N4O4/c1-9-7-11(17-21-9)15-13(19)5-3-4-6-14(20)16-12-8-10(2)22-18-12/h7-8H,3-6H2,1-2H3,(H,15,17,19)(H,16,18,20). The Morgan fingerprint density at radius 1 is 0.909 bits per heavy atom. The molecule has 0 aliphatic heterocycles. The predicted octanol–water partition coefficient (Wildman–Crippen LogP) is 2.42. The molecule has 118 valence electrons. The van der Waals surface area contributed by atoms with Gasteiger partial charge in [-0.3, -0.25) is 9.59 Å². The average molecular weight is 306 g/mol. The van der Waals surface area contributed by atoms with Crippen LogP contribution in [0.3, 0.4) is 0 Å². The van der Waals surface area contributed by atoms with Crippen molar-refractivity contribution in [3.63, 3.8) is 0 Å². The van der Waals surface area contributed by atoms with E-state index in [1.165, 1.54) is 0 Å². The van der Waals surface area contributed by atoms with Crippen LogP contribution in [-0.4, -0.2) is 22.1 Å². The smallest absolute Gasteiger partial charge is 0.225 e. The second-order valence-electron chi connectivity index (χ2n) is 4.95. The molecule has 8 heteroatoms. The molecule has 0 atom stereocenters. The van der Waals surface area contributed by atoms with Gasteiger partial charge in [0.25, 0.3) is 0 Å². The van der Waals surface area contributed by atoms with Crippen LogP contribution in [0, 0.1) is 13.8 Å². The number of aromatic nitrogens is 2. The van der Waals surface area contributed by atoms with Crippen LogP contribution in [0.4, 0.5) is 11.6 Å². The number of anilines is 2. The number of hydrogen-bond donors (Lipinski definition) is 2. The van der Waals surface area contributed by atoms with E-state index in [4.69, 9.17) is 9.05 Å². The van der Waals surface area contributed by atoms with Crippen molar-refractivity contribution in [2.75, 3.05) is 10.6 Å². The maximum absolute atomic E-state index is 11.6. The Morgan fingerprint density at radius 3 is 1.64 bits per heavy atom. The molecule has 0 aromatic carbocycles. The number of nitrogens with zero attached hydrogens (tertiary/aromatic N) is 2. The van der Waals surface area contributed by atoms with Crippen LogP contribution in [-0.2, 0) is 9.59 Å². The van der Waals surface area contributed by atoms with Gasteiger partial charge in [-0.2, -0.15) is 0 Å². The third kappa shape index (κ3) is 5.04. The van der Waals surface area contributed by atoms with Crippen molar-refractivity contribution in [3.05, 3.63) is 23.7 Å². The van der Waals surface area contributed by atoms with Gasteiger partial charge in [0.2, 0.25) is 11.8 Å². The minimum atomic E-state index is -0.152. The van der Waals surface area contributed by atoms with Crippen molar-refractivity contribution in [1.29, 1.82) is 0 Å². The van der Waals surface area contributed by atoms with E-state index in [9.17, 15) is 9.59 Å². The van der Waals surface area contributed by atoms with Crippen molar-refractivity contribution in [2.45, 2.75) is 39.5 Å². The summed E-state index contributed by atoms with van der Waals surface area (Å²) < 4.78 is 9.70. The maximum Gasteiger partial charge on any atom is 0.225 e. The fraction of sp³-hybridized carbons (Fsp3) is 0.429. The Morgan fingerprint density at radius 2 is 1.32 bits per heavy atom. The van der Waals surface area contributed by atoms with Gasteiger partial charge in [-0.25, -0.2) is 0 Å². The molecular formula is C14H18N4O4. The first-order valence-electron chi connectivity index (χ1n) is 6.99. The Hall–Kier alpha value is -2.64. The van der Waals surface area contributed by atoms with E-state index in [2.05, 4.69) is 20.9 Å². The van der Waals surface area contributed by atoms with Gasteiger partial charge in [-0.1, -0.05) is 10.3 Å². The van der Waals surface area contributed by atoms with E-state index in [1.54, 1.807) is 26.0 Å². The molecule has 2 N–H and O–H groups in total. The number of rotatable bonds is 7. The lowest BCUT2D eigenvalue weighted by atomic mass is 10.2. The minimum Gasteiger partial charge on any atom is -0.360 e. The Balaban J connectivity index is 1.60. The summed E-state index contributed by atoms with van der Waals surface area (Å²) in [5.74, 6) is 1.77. The summed E-state index contributed by atoms with van der Waals surface area (Å²) in [4.78, 5) is 23.3. The summed E-state index contributed by atoms with van der Waals surface area (Å²) >= 11 is 0. The number of unbranched alkanes of at least 4 members (excludes halogenated alkanes) is 1. The van der Waals surface area contributed by atoms with E-state index in [0.29, 0.717) is 48.8 Å². The summed E-state index contributed by atoms with van der Waals surface area (Å²) in [7, 11) is 0. The Labute approximate surface area is 127 Å². The Kier molecular flexibility index (Phi) is 5.29. The first-order chi connectivity index (χ1) is 10.5. The van der Waals surface area contributed by atoms with Crippen LogP contribution >= 0.6 is 0 Å². The molecule has 0 radical (unpaired) electrons. The first-order valence-corrected chi connectivity index (χ1v) is 6.99. The van der Waals surface area contributed by atoms with Gasteiger partial charge in [0.1, 0.15) is 11.5 Å². The number of carbonyl (C=O) groups excluding carboxylic acids is 2. The van der Waals surface area contributed by atoms with Crippen molar-refractivity contribution in [1.82, 2.24) is 10.3 Å². The predicted molar refractivity (Wildman–Crippen MR) is 78.2 cm³/mol. The molecule has 22 heavy (non-hydrogen) atoms. The lowest BCUT2D eigenvalue weighted by molar-refractivity contribution is -0.118. The summed E-state index contributed by atoms with van der Waals surface area (Å²) in [6.07, 6.45) is 1.85. The topological polar surface area (TPSA) is 110 Å². The van der Waals surface area contributed by atoms with Crippen LogP contribution < -0.4 is 10.6 Å². The molecular weight excluding hydrogens is 288 g/mol. The zero-order valence-electron chi connectivity index (χ0n) is 12.5. The molecule has 8 nitrogen and oxygen atoms in total. The summed E-state index contributed by atoms with van der Waals surface area (Å²) in [6.45, 7) is 3.50. The highest BCUT2D eigenvalue weighted by Gasteiger charge is 2.08. The molecule has 0 saturated heterocycles. The quantitative estimate of drug-likeness (QED) is 0.760. The highest BCUT2D eigenvalue weighted by molar-refractivity contribution is 5.90. The van der Waals surface area contributed by atoms with Crippen LogP contribution in [0.1, 0.15) is 37.2 Å². The van der Waals surface area contributed by atoms with E-state index < -0.39 is 0 Å². The summed E-state index contributed by atoms with van der Waals surface area (Å²) in [5.41, 5.74) is 0. The molecule has 0 spiro atoms. The van der Waals surface area contributed by atoms with Crippen molar-refractivity contribution >= 4 is 23.5 Å². The number of amides is 2. The summed E-state index contributed by atoms with van der Waals surface area (Å²) in [6, 6.07) is 3.29. The molecule has 0 unspecified atom stereocenters. The van der Waals surface area contributed by atoms with Gasteiger partial charge in [0.15, 0.2) is 11.6 Å².